The van der Waals surface area contributed by atoms with Crippen molar-refractivity contribution in [3.8, 4) is 0 Å². The van der Waals surface area contributed by atoms with Gasteiger partial charge in [0.2, 0.25) is 5.91 Å². The van der Waals surface area contributed by atoms with Crippen molar-refractivity contribution in [3.63, 3.8) is 0 Å². The van der Waals surface area contributed by atoms with Crippen LogP contribution in [0.4, 0.5) is 0 Å². The van der Waals surface area contributed by atoms with Crippen molar-refractivity contribution in [2.75, 3.05) is 6.61 Å². The summed E-state index contributed by atoms with van der Waals surface area (Å²) < 4.78 is 0. The number of carbonyl (C=O) groups excluding carboxylic acids is 1. The second-order valence-corrected chi connectivity index (χ2v) is 19.9. The highest BCUT2D eigenvalue weighted by Gasteiger charge is 2.21. The van der Waals surface area contributed by atoms with Gasteiger partial charge in [-0.1, -0.05) is 309 Å². The molecule has 0 heterocycles. The predicted octanol–water partition coefficient (Wildman–Crippen LogP) is 17.3. The van der Waals surface area contributed by atoms with E-state index in [1.165, 1.54) is 270 Å². The van der Waals surface area contributed by atoms with E-state index in [-0.39, 0.29) is 18.9 Å². The standard InChI is InChI=1S/C56H113NO4/c1-3-5-7-9-11-13-15-17-19-21-23-24-25-26-27-28-29-30-31-32-33-35-37-39-41-43-45-47-49-53(59)51-56(61)57-54(52-58)55(60)50-48-46-44-42-40-38-36-34-22-20-18-16-14-12-10-8-6-4-2/h53-55,58-60H,3-52H2,1-2H3,(H,57,61). The van der Waals surface area contributed by atoms with Crippen LogP contribution in [-0.2, 0) is 4.79 Å². The first-order valence-electron chi connectivity index (χ1n) is 28.3. The van der Waals surface area contributed by atoms with Gasteiger partial charge >= 0.3 is 0 Å². The smallest absolute Gasteiger partial charge is 0.222 e. The van der Waals surface area contributed by atoms with E-state index in [0.29, 0.717) is 12.8 Å². The molecule has 0 aliphatic heterocycles. The van der Waals surface area contributed by atoms with Gasteiger partial charge in [-0.05, 0) is 12.8 Å². The summed E-state index contributed by atoms with van der Waals surface area (Å²) in [6.07, 6.45) is 62.6. The van der Waals surface area contributed by atoms with Crippen molar-refractivity contribution >= 4 is 5.91 Å². The fourth-order valence-electron chi connectivity index (χ4n) is 9.35. The van der Waals surface area contributed by atoms with E-state index >= 15 is 0 Å². The van der Waals surface area contributed by atoms with Gasteiger partial charge in [0.1, 0.15) is 0 Å². The third-order valence-electron chi connectivity index (χ3n) is 13.7. The highest BCUT2D eigenvalue weighted by molar-refractivity contribution is 5.76. The van der Waals surface area contributed by atoms with Crippen molar-refractivity contribution < 1.29 is 20.1 Å². The number of nitrogens with one attached hydrogen (secondary N) is 1. The molecule has 3 unspecified atom stereocenters. The molecule has 1 amide bonds. The van der Waals surface area contributed by atoms with E-state index in [1.807, 2.05) is 0 Å². The summed E-state index contributed by atoms with van der Waals surface area (Å²) in [5.41, 5.74) is 0. The Morgan fingerprint density at radius 1 is 0.344 bits per heavy atom. The Morgan fingerprint density at radius 3 is 0.787 bits per heavy atom. The molecule has 0 rings (SSSR count). The van der Waals surface area contributed by atoms with Crippen LogP contribution in [-0.4, -0.2) is 46.1 Å². The molecule has 0 aromatic rings. The van der Waals surface area contributed by atoms with Crippen LogP contribution in [0, 0.1) is 0 Å². The molecule has 0 saturated heterocycles. The molecule has 0 aliphatic carbocycles. The molecule has 0 spiro atoms. The van der Waals surface area contributed by atoms with Crippen molar-refractivity contribution in [1.29, 1.82) is 0 Å². The maximum Gasteiger partial charge on any atom is 0.222 e. The molecule has 4 N–H and O–H groups in total. The molecule has 61 heavy (non-hydrogen) atoms. The summed E-state index contributed by atoms with van der Waals surface area (Å²) in [7, 11) is 0. The molecule has 366 valence electrons. The maximum absolute atomic E-state index is 12.5. The van der Waals surface area contributed by atoms with Crippen molar-refractivity contribution in [3.05, 3.63) is 0 Å². The normalized spacial score (nSPS) is 13.2. The fourth-order valence-corrected chi connectivity index (χ4v) is 9.35. The second kappa shape index (κ2) is 52.0. The molecule has 0 saturated carbocycles. The molecule has 0 aromatic heterocycles. The van der Waals surface area contributed by atoms with Gasteiger partial charge in [-0.15, -0.1) is 0 Å². The summed E-state index contributed by atoms with van der Waals surface area (Å²) in [5.74, 6) is -0.274. The average Bonchev–Trinajstić information content (AvgIpc) is 3.25. The second-order valence-electron chi connectivity index (χ2n) is 19.9. The van der Waals surface area contributed by atoms with Crippen LogP contribution in [0.2, 0.25) is 0 Å². The number of aliphatic hydroxyl groups excluding tert-OH is 3. The predicted molar refractivity (Wildman–Crippen MR) is 269 cm³/mol. The van der Waals surface area contributed by atoms with Crippen molar-refractivity contribution in [1.82, 2.24) is 5.32 Å². The zero-order valence-corrected chi connectivity index (χ0v) is 41.8. The number of hydrogen-bond donors (Lipinski definition) is 4. The Hall–Kier alpha value is -0.650. The Morgan fingerprint density at radius 2 is 0.557 bits per heavy atom. The summed E-state index contributed by atoms with van der Waals surface area (Å²) >= 11 is 0. The Bertz CT molecular complexity index is 822. The maximum atomic E-state index is 12.5. The lowest BCUT2D eigenvalue weighted by atomic mass is 10.0. The number of rotatable bonds is 53. The quantitative estimate of drug-likeness (QED) is 0.0459. The van der Waals surface area contributed by atoms with Gasteiger partial charge in [-0.25, -0.2) is 0 Å². The van der Waals surface area contributed by atoms with Gasteiger partial charge in [0.15, 0.2) is 0 Å². The number of hydrogen-bond acceptors (Lipinski definition) is 4. The van der Waals surface area contributed by atoms with Crippen molar-refractivity contribution in [2.45, 2.75) is 347 Å². The highest BCUT2D eigenvalue weighted by Crippen LogP contribution is 2.19. The van der Waals surface area contributed by atoms with Crippen LogP contribution in [0.25, 0.3) is 0 Å². The molecule has 3 atom stereocenters. The average molecular weight is 865 g/mol. The molecule has 0 bridgehead atoms. The summed E-state index contributed by atoms with van der Waals surface area (Å²) in [5, 5.41) is 33.6. The van der Waals surface area contributed by atoms with Crippen LogP contribution in [0.15, 0.2) is 0 Å². The first-order valence-corrected chi connectivity index (χ1v) is 28.3. The van der Waals surface area contributed by atoms with Crippen LogP contribution < -0.4 is 5.32 Å². The first kappa shape index (κ1) is 60.4. The molecule has 0 aromatic carbocycles. The lowest BCUT2D eigenvalue weighted by molar-refractivity contribution is -0.125. The van der Waals surface area contributed by atoms with E-state index in [0.717, 1.165) is 25.7 Å². The first-order chi connectivity index (χ1) is 30.0. The van der Waals surface area contributed by atoms with Gasteiger partial charge in [0, 0.05) is 0 Å². The summed E-state index contributed by atoms with van der Waals surface area (Å²) in [6.45, 7) is 4.31. The summed E-state index contributed by atoms with van der Waals surface area (Å²) in [6, 6.07) is -0.654. The fraction of sp³-hybridized carbons (Fsp3) is 0.982. The van der Waals surface area contributed by atoms with E-state index in [2.05, 4.69) is 19.2 Å². The van der Waals surface area contributed by atoms with Gasteiger partial charge in [-0.3, -0.25) is 4.79 Å². The minimum absolute atomic E-state index is 0.0436. The van der Waals surface area contributed by atoms with Crippen molar-refractivity contribution in [2.24, 2.45) is 0 Å². The highest BCUT2D eigenvalue weighted by atomic mass is 16.3. The Labute approximate surface area is 383 Å². The monoisotopic (exact) mass is 864 g/mol. The molecule has 0 fully saturated rings. The third kappa shape index (κ3) is 48.6. The zero-order chi connectivity index (χ0) is 44.4. The lowest BCUT2D eigenvalue weighted by Gasteiger charge is -2.23. The Balaban J connectivity index is 3.47. The van der Waals surface area contributed by atoms with Crippen LogP contribution >= 0.6 is 0 Å². The van der Waals surface area contributed by atoms with Crippen LogP contribution in [0.3, 0.4) is 0 Å². The van der Waals surface area contributed by atoms with Gasteiger partial charge in [-0.2, -0.15) is 0 Å². The molecule has 5 nitrogen and oxygen atoms in total. The molecular weight excluding hydrogens is 751 g/mol. The molecule has 0 radical (unpaired) electrons. The lowest BCUT2D eigenvalue weighted by Crippen LogP contribution is -2.46. The van der Waals surface area contributed by atoms with Gasteiger partial charge in [0.05, 0.1) is 31.3 Å². The molecular formula is C56H113NO4. The van der Waals surface area contributed by atoms with Crippen LogP contribution in [0.5, 0.6) is 0 Å². The van der Waals surface area contributed by atoms with E-state index < -0.39 is 18.2 Å². The topological polar surface area (TPSA) is 89.8 Å². The largest absolute Gasteiger partial charge is 0.394 e. The summed E-state index contributed by atoms with van der Waals surface area (Å²) in [4.78, 5) is 12.5. The molecule has 5 heteroatoms. The van der Waals surface area contributed by atoms with E-state index in [9.17, 15) is 20.1 Å². The van der Waals surface area contributed by atoms with Gasteiger partial charge < -0.3 is 20.6 Å². The number of amides is 1. The number of aliphatic hydroxyl groups is 3. The van der Waals surface area contributed by atoms with E-state index in [4.69, 9.17) is 0 Å². The number of unbranched alkanes of at least 4 members (excludes halogenated alkanes) is 44. The van der Waals surface area contributed by atoms with Crippen LogP contribution in [0.1, 0.15) is 328 Å². The number of carbonyl (C=O) groups is 1. The molecule has 0 aliphatic rings. The minimum Gasteiger partial charge on any atom is -0.394 e. The SMILES string of the molecule is CCCCCCCCCCCCCCCCCCCCCCCCCCCCCCC(O)CC(=O)NC(CO)C(O)CCCCCCCCCCCCCCCCCCCC. The Kier molecular flexibility index (Phi) is 51.4. The minimum atomic E-state index is -0.745. The van der Waals surface area contributed by atoms with Gasteiger partial charge in [0.25, 0.3) is 0 Å². The van der Waals surface area contributed by atoms with E-state index in [1.54, 1.807) is 0 Å². The third-order valence-corrected chi connectivity index (χ3v) is 13.7. The zero-order valence-electron chi connectivity index (χ0n) is 41.8.